The molecular formula is C10H9ClN2. The Morgan fingerprint density at radius 3 is 2.92 bits per heavy atom. The van der Waals surface area contributed by atoms with Gasteiger partial charge in [-0.1, -0.05) is 23.7 Å². The van der Waals surface area contributed by atoms with Crippen LogP contribution in [0.5, 0.6) is 0 Å². The Bertz CT molecular complexity index is 435. The lowest BCUT2D eigenvalue weighted by molar-refractivity contribution is 1.07. The molecule has 0 bridgehead atoms. The topological polar surface area (TPSA) is 38.9 Å². The van der Waals surface area contributed by atoms with Gasteiger partial charge in [0.1, 0.15) is 0 Å². The average Bonchev–Trinajstić information content (AvgIpc) is 2.17. The molecule has 0 aliphatic carbocycles. The van der Waals surface area contributed by atoms with Crippen molar-refractivity contribution in [1.82, 2.24) is 4.98 Å². The summed E-state index contributed by atoms with van der Waals surface area (Å²) in [5, 5.41) is 2.79. The molecule has 0 saturated carbocycles. The summed E-state index contributed by atoms with van der Waals surface area (Å²) in [7, 11) is 0. The van der Waals surface area contributed by atoms with Gasteiger partial charge in [0.05, 0.1) is 0 Å². The third kappa shape index (κ3) is 1.39. The lowest BCUT2D eigenvalue weighted by Gasteiger charge is -2.04. The molecule has 66 valence electrons. The van der Waals surface area contributed by atoms with Crippen molar-refractivity contribution in [1.29, 1.82) is 0 Å². The predicted octanol–water partition coefficient (Wildman–Crippen LogP) is 2.35. The van der Waals surface area contributed by atoms with Crippen LogP contribution < -0.4 is 5.73 Å². The molecule has 0 radical (unpaired) electrons. The number of hydrogen-bond donors (Lipinski definition) is 1. The summed E-state index contributed by atoms with van der Waals surface area (Å²) in [6.45, 7) is 0.466. The van der Waals surface area contributed by atoms with E-state index in [0.717, 1.165) is 21.4 Å². The summed E-state index contributed by atoms with van der Waals surface area (Å²) in [5.74, 6) is 0. The van der Waals surface area contributed by atoms with Gasteiger partial charge in [-0.15, -0.1) is 0 Å². The average molecular weight is 193 g/mol. The zero-order valence-electron chi connectivity index (χ0n) is 7.00. The molecule has 0 unspecified atom stereocenters. The second-order valence-electron chi connectivity index (χ2n) is 2.84. The number of nitrogens with zero attached hydrogens (tertiary/aromatic N) is 1. The van der Waals surface area contributed by atoms with Gasteiger partial charge < -0.3 is 5.73 Å². The van der Waals surface area contributed by atoms with E-state index in [1.54, 1.807) is 12.4 Å². The lowest BCUT2D eigenvalue weighted by Crippen LogP contribution is -1.98. The van der Waals surface area contributed by atoms with Crippen molar-refractivity contribution >= 4 is 22.4 Å². The van der Waals surface area contributed by atoms with E-state index in [4.69, 9.17) is 17.3 Å². The number of halogens is 1. The van der Waals surface area contributed by atoms with Crippen molar-refractivity contribution in [2.75, 3.05) is 0 Å². The van der Waals surface area contributed by atoms with Gasteiger partial charge in [-0.2, -0.15) is 0 Å². The SMILES string of the molecule is NCc1cncc2cccc(Cl)c12. The fourth-order valence-electron chi connectivity index (χ4n) is 1.41. The second-order valence-corrected chi connectivity index (χ2v) is 3.25. The number of hydrogen-bond acceptors (Lipinski definition) is 2. The molecular weight excluding hydrogens is 184 g/mol. The minimum absolute atomic E-state index is 0.466. The third-order valence-corrected chi connectivity index (χ3v) is 2.35. The van der Waals surface area contributed by atoms with Crippen molar-refractivity contribution in [3.05, 3.63) is 41.2 Å². The highest BCUT2D eigenvalue weighted by molar-refractivity contribution is 6.35. The molecule has 2 nitrogen and oxygen atoms in total. The first-order valence-corrected chi connectivity index (χ1v) is 4.42. The van der Waals surface area contributed by atoms with Crippen molar-refractivity contribution in [2.24, 2.45) is 5.73 Å². The van der Waals surface area contributed by atoms with E-state index in [1.165, 1.54) is 0 Å². The van der Waals surface area contributed by atoms with E-state index >= 15 is 0 Å². The first-order chi connectivity index (χ1) is 6.33. The molecule has 1 aromatic carbocycles. The van der Waals surface area contributed by atoms with Gasteiger partial charge >= 0.3 is 0 Å². The maximum atomic E-state index is 6.06. The van der Waals surface area contributed by atoms with Crippen LogP contribution in [0.25, 0.3) is 10.8 Å². The van der Waals surface area contributed by atoms with Gasteiger partial charge in [0.2, 0.25) is 0 Å². The highest BCUT2D eigenvalue weighted by atomic mass is 35.5. The first kappa shape index (κ1) is 8.48. The normalized spacial score (nSPS) is 10.6. The fraction of sp³-hybridized carbons (Fsp3) is 0.100. The molecule has 3 heteroatoms. The summed E-state index contributed by atoms with van der Waals surface area (Å²) in [5.41, 5.74) is 6.58. The molecule has 0 saturated heterocycles. The maximum absolute atomic E-state index is 6.06. The molecule has 0 aliphatic heterocycles. The zero-order valence-corrected chi connectivity index (χ0v) is 7.75. The highest BCUT2D eigenvalue weighted by Crippen LogP contribution is 2.25. The number of nitrogens with two attached hydrogens (primary N) is 1. The largest absolute Gasteiger partial charge is 0.326 e. The molecule has 2 rings (SSSR count). The molecule has 2 aromatic rings. The number of fused-ring (bicyclic) bond motifs is 1. The van der Waals surface area contributed by atoms with Crippen LogP contribution in [-0.4, -0.2) is 4.98 Å². The van der Waals surface area contributed by atoms with E-state index in [2.05, 4.69) is 4.98 Å². The van der Waals surface area contributed by atoms with Gasteiger partial charge in [0.15, 0.2) is 0 Å². The van der Waals surface area contributed by atoms with Crippen LogP contribution >= 0.6 is 11.6 Å². The smallest absolute Gasteiger partial charge is 0.0488 e. The van der Waals surface area contributed by atoms with Crippen LogP contribution in [0.1, 0.15) is 5.56 Å². The van der Waals surface area contributed by atoms with Gasteiger partial charge in [-0.05, 0) is 11.6 Å². The van der Waals surface area contributed by atoms with Crippen LogP contribution in [0.3, 0.4) is 0 Å². The van der Waals surface area contributed by atoms with E-state index in [1.807, 2.05) is 18.2 Å². The standard InChI is InChI=1S/C10H9ClN2/c11-9-3-1-2-7-5-13-6-8(4-12)10(7)9/h1-3,5-6H,4,12H2. The Balaban J connectivity index is 2.87. The van der Waals surface area contributed by atoms with Crippen LogP contribution in [0.2, 0.25) is 5.02 Å². The summed E-state index contributed by atoms with van der Waals surface area (Å²) in [6.07, 6.45) is 3.55. The molecule has 0 aliphatic rings. The van der Waals surface area contributed by atoms with E-state index in [-0.39, 0.29) is 0 Å². The Labute approximate surface area is 81.3 Å². The summed E-state index contributed by atoms with van der Waals surface area (Å²) < 4.78 is 0. The minimum atomic E-state index is 0.466. The molecule has 0 spiro atoms. The summed E-state index contributed by atoms with van der Waals surface area (Å²) in [6, 6.07) is 5.75. The molecule has 1 aromatic heterocycles. The van der Waals surface area contributed by atoms with E-state index < -0.39 is 0 Å². The van der Waals surface area contributed by atoms with Crippen LogP contribution in [0.15, 0.2) is 30.6 Å². The lowest BCUT2D eigenvalue weighted by atomic mass is 10.1. The second kappa shape index (κ2) is 3.32. The van der Waals surface area contributed by atoms with Crippen LogP contribution in [-0.2, 0) is 6.54 Å². The Hall–Kier alpha value is -1.12. The Kier molecular flexibility index (Phi) is 2.17. The minimum Gasteiger partial charge on any atom is -0.326 e. The Morgan fingerprint density at radius 1 is 1.31 bits per heavy atom. The number of benzene rings is 1. The molecule has 1 heterocycles. The summed E-state index contributed by atoms with van der Waals surface area (Å²) in [4.78, 5) is 4.09. The molecule has 0 amide bonds. The molecule has 0 atom stereocenters. The quantitative estimate of drug-likeness (QED) is 0.754. The number of rotatable bonds is 1. The van der Waals surface area contributed by atoms with Crippen molar-refractivity contribution in [3.63, 3.8) is 0 Å². The number of pyridine rings is 1. The fourth-order valence-corrected chi connectivity index (χ4v) is 1.72. The van der Waals surface area contributed by atoms with Crippen LogP contribution in [0.4, 0.5) is 0 Å². The van der Waals surface area contributed by atoms with E-state index in [0.29, 0.717) is 6.54 Å². The molecule has 13 heavy (non-hydrogen) atoms. The molecule has 2 N–H and O–H groups in total. The predicted molar refractivity (Wildman–Crippen MR) is 54.6 cm³/mol. The van der Waals surface area contributed by atoms with Crippen molar-refractivity contribution in [2.45, 2.75) is 6.54 Å². The first-order valence-electron chi connectivity index (χ1n) is 4.04. The third-order valence-electron chi connectivity index (χ3n) is 2.03. The monoisotopic (exact) mass is 192 g/mol. The van der Waals surface area contributed by atoms with Gasteiger partial charge in [0.25, 0.3) is 0 Å². The van der Waals surface area contributed by atoms with Gasteiger partial charge in [-0.3, -0.25) is 4.98 Å². The Morgan fingerprint density at radius 2 is 2.15 bits per heavy atom. The maximum Gasteiger partial charge on any atom is 0.0488 e. The van der Waals surface area contributed by atoms with Gasteiger partial charge in [0, 0.05) is 34.7 Å². The number of aromatic nitrogens is 1. The highest BCUT2D eigenvalue weighted by Gasteiger charge is 2.02. The van der Waals surface area contributed by atoms with E-state index in [9.17, 15) is 0 Å². The molecule has 0 fully saturated rings. The van der Waals surface area contributed by atoms with Crippen molar-refractivity contribution in [3.8, 4) is 0 Å². The van der Waals surface area contributed by atoms with Crippen LogP contribution in [0, 0.1) is 0 Å². The van der Waals surface area contributed by atoms with Gasteiger partial charge in [-0.25, -0.2) is 0 Å². The summed E-state index contributed by atoms with van der Waals surface area (Å²) >= 11 is 6.06. The van der Waals surface area contributed by atoms with Crippen molar-refractivity contribution < 1.29 is 0 Å². The zero-order chi connectivity index (χ0) is 9.26.